The van der Waals surface area contributed by atoms with Crippen LogP contribution in [-0.2, 0) is 13.1 Å². The Morgan fingerprint density at radius 1 is 1.41 bits per heavy atom. The summed E-state index contributed by atoms with van der Waals surface area (Å²) >= 11 is 0. The van der Waals surface area contributed by atoms with Crippen molar-refractivity contribution >= 4 is 5.97 Å². The third kappa shape index (κ3) is 3.15. The summed E-state index contributed by atoms with van der Waals surface area (Å²) in [5.74, 6) is -0.112. The van der Waals surface area contributed by atoms with E-state index in [1.54, 1.807) is 12.3 Å². The van der Waals surface area contributed by atoms with Gasteiger partial charge >= 0.3 is 5.97 Å². The quantitative estimate of drug-likeness (QED) is 0.820. The summed E-state index contributed by atoms with van der Waals surface area (Å²) in [7, 11) is 0. The van der Waals surface area contributed by atoms with E-state index in [9.17, 15) is 4.79 Å². The van der Waals surface area contributed by atoms with Crippen molar-refractivity contribution in [1.29, 1.82) is 0 Å². The fourth-order valence-electron chi connectivity index (χ4n) is 1.43. The number of nitrogens with one attached hydrogen (secondary N) is 1. The summed E-state index contributed by atoms with van der Waals surface area (Å²) in [5.41, 5.74) is 0.936. The number of aromatic nitrogens is 1. The van der Waals surface area contributed by atoms with E-state index >= 15 is 0 Å². The summed E-state index contributed by atoms with van der Waals surface area (Å²) in [6, 6.07) is 6.71. The Hall–Kier alpha value is -2.14. The lowest BCUT2D eigenvalue weighted by molar-refractivity contribution is 0.0696. The van der Waals surface area contributed by atoms with Crippen LogP contribution < -0.4 is 5.32 Å². The number of hydrogen-bond acceptors (Lipinski definition) is 4. The van der Waals surface area contributed by atoms with Crippen molar-refractivity contribution in [3.8, 4) is 0 Å². The Kier molecular flexibility index (Phi) is 3.52. The molecule has 5 nitrogen and oxygen atoms in total. The molecule has 0 aliphatic carbocycles. The molecular formula is C12H12N2O3. The van der Waals surface area contributed by atoms with Gasteiger partial charge in [-0.15, -0.1) is 0 Å². The normalized spacial score (nSPS) is 10.4. The predicted octanol–water partition coefficient (Wildman–Crippen LogP) is 1.66. The molecule has 0 unspecified atom stereocenters. The number of pyridine rings is 1. The second-order valence-corrected chi connectivity index (χ2v) is 3.52. The van der Waals surface area contributed by atoms with E-state index in [0.29, 0.717) is 18.8 Å². The zero-order valence-electron chi connectivity index (χ0n) is 9.09. The van der Waals surface area contributed by atoms with E-state index in [1.165, 1.54) is 12.3 Å². The highest BCUT2D eigenvalue weighted by atomic mass is 16.4. The van der Waals surface area contributed by atoms with Crippen molar-refractivity contribution in [2.45, 2.75) is 13.1 Å². The van der Waals surface area contributed by atoms with Gasteiger partial charge in [0.05, 0.1) is 24.1 Å². The molecule has 0 saturated carbocycles. The first kappa shape index (κ1) is 11.3. The highest BCUT2D eigenvalue weighted by molar-refractivity contribution is 5.87. The molecule has 2 rings (SSSR count). The van der Waals surface area contributed by atoms with E-state index in [2.05, 4.69) is 10.3 Å². The molecule has 0 atom stereocenters. The number of carboxylic acids is 1. The van der Waals surface area contributed by atoms with Gasteiger partial charge in [0, 0.05) is 12.7 Å². The molecule has 0 bridgehead atoms. The first-order valence-corrected chi connectivity index (χ1v) is 5.17. The minimum absolute atomic E-state index is 0.245. The number of furan rings is 1. The maximum Gasteiger partial charge on any atom is 0.335 e. The molecule has 0 amide bonds. The molecule has 0 aliphatic heterocycles. The molecule has 0 aliphatic rings. The minimum atomic E-state index is -0.945. The minimum Gasteiger partial charge on any atom is -0.478 e. The Morgan fingerprint density at radius 3 is 3.00 bits per heavy atom. The second-order valence-electron chi connectivity index (χ2n) is 3.52. The smallest absolute Gasteiger partial charge is 0.335 e. The predicted molar refractivity (Wildman–Crippen MR) is 60.4 cm³/mol. The van der Waals surface area contributed by atoms with Gasteiger partial charge < -0.3 is 14.8 Å². The van der Waals surface area contributed by atoms with Gasteiger partial charge in [0.2, 0.25) is 0 Å². The number of carboxylic acid groups (broad SMARTS) is 1. The fraction of sp³-hybridized carbons (Fsp3) is 0.167. The first-order valence-electron chi connectivity index (χ1n) is 5.17. The molecule has 0 radical (unpaired) electrons. The molecule has 5 heteroatoms. The Bertz CT molecular complexity index is 494. The summed E-state index contributed by atoms with van der Waals surface area (Å²) in [6.45, 7) is 1.09. The lowest BCUT2D eigenvalue weighted by Crippen LogP contribution is -2.13. The Labute approximate surface area is 98.1 Å². The number of hydrogen-bond donors (Lipinski definition) is 2. The third-order valence-corrected chi connectivity index (χ3v) is 2.25. The molecule has 2 heterocycles. The molecule has 2 N–H and O–H groups in total. The van der Waals surface area contributed by atoms with Crippen molar-refractivity contribution in [2.24, 2.45) is 0 Å². The summed E-state index contributed by atoms with van der Waals surface area (Å²) in [5, 5.41) is 11.9. The molecule has 0 spiro atoms. The molecule has 0 fully saturated rings. The Balaban J connectivity index is 1.90. The van der Waals surface area contributed by atoms with Gasteiger partial charge in [0.1, 0.15) is 5.76 Å². The highest BCUT2D eigenvalue weighted by Gasteiger charge is 2.04. The highest BCUT2D eigenvalue weighted by Crippen LogP contribution is 2.03. The van der Waals surface area contributed by atoms with Gasteiger partial charge in [0.25, 0.3) is 0 Å². The molecular weight excluding hydrogens is 220 g/mol. The van der Waals surface area contributed by atoms with E-state index in [1.807, 2.05) is 12.1 Å². The van der Waals surface area contributed by atoms with Crippen molar-refractivity contribution in [1.82, 2.24) is 10.3 Å². The average Bonchev–Trinajstić information content (AvgIpc) is 2.82. The van der Waals surface area contributed by atoms with Crippen molar-refractivity contribution in [3.63, 3.8) is 0 Å². The van der Waals surface area contributed by atoms with Gasteiger partial charge in [-0.25, -0.2) is 4.79 Å². The van der Waals surface area contributed by atoms with E-state index in [-0.39, 0.29) is 5.56 Å². The molecule has 17 heavy (non-hydrogen) atoms. The van der Waals surface area contributed by atoms with Crippen LogP contribution in [0.15, 0.2) is 41.1 Å². The molecule has 0 aromatic carbocycles. The number of aromatic carboxylic acids is 1. The van der Waals surface area contributed by atoms with E-state index < -0.39 is 5.97 Å². The van der Waals surface area contributed by atoms with Gasteiger partial charge in [-0.05, 0) is 24.3 Å². The number of nitrogens with zero attached hydrogens (tertiary/aromatic N) is 1. The summed E-state index contributed by atoms with van der Waals surface area (Å²) in [6.07, 6.45) is 3.10. The number of carbonyl (C=O) groups is 1. The monoisotopic (exact) mass is 232 g/mol. The SMILES string of the molecule is O=C(O)c1ccnc(CNCc2ccco2)c1. The third-order valence-electron chi connectivity index (χ3n) is 2.25. The summed E-state index contributed by atoms with van der Waals surface area (Å²) in [4.78, 5) is 14.8. The lowest BCUT2D eigenvalue weighted by atomic mass is 10.2. The topological polar surface area (TPSA) is 75.4 Å². The van der Waals surface area contributed by atoms with Crippen LogP contribution in [0.1, 0.15) is 21.8 Å². The van der Waals surface area contributed by atoms with Crippen LogP contribution >= 0.6 is 0 Å². The van der Waals surface area contributed by atoms with Crippen LogP contribution in [0.5, 0.6) is 0 Å². The molecule has 2 aromatic heterocycles. The van der Waals surface area contributed by atoms with Gasteiger partial charge in [-0.1, -0.05) is 0 Å². The van der Waals surface area contributed by atoms with Crippen LogP contribution in [-0.4, -0.2) is 16.1 Å². The standard InChI is InChI=1S/C12H12N2O3/c15-12(16)9-3-4-14-10(6-9)7-13-8-11-2-1-5-17-11/h1-6,13H,7-8H2,(H,15,16). The van der Waals surface area contributed by atoms with E-state index in [0.717, 1.165) is 5.76 Å². The summed E-state index contributed by atoms with van der Waals surface area (Å²) < 4.78 is 5.16. The zero-order valence-corrected chi connectivity index (χ0v) is 9.09. The van der Waals surface area contributed by atoms with Crippen LogP contribution in [0, 0.1) is 0 Å². The molecule has 2 aromatic rings. The van der Waals surface area contributed by atoms with Crippen molar-refractivity contribution < 1.29 is 14.3 Å². The maximum absolute atomic E-state index is 10.8. The van der Waals surface area contributed by atoms with Crippen molar-refractivity contribution in [3.05, 3.63) is 53.7 Å². The molecule has 88 valence electrons. The largest absolute Gasteiger partial charge is 0.478 e. The average molecular weight is 232 g/mol. The van der Waals surface area contributed by atoms with Crippen LogP contribution in [0.25, 0.3) is 0 Å². The van der Waals surface area contributed by atoms with Crippen LogP contribution in [0.4, 0.5) is 0 Å². The Morgan fingerprint density at radius 2 is 2.29 bits per heavy atom. The van der Waals surface area contributed by atoms with E-state index in [4.69, 9.17) is 9.52 Å². The maximum atomic E-state index is 10.8. The van der Waals surface area contributed by atoms with Gasteiger partial charge in [0.15, 0.2) is 0 Å². The first-order chi connectivity index (χ1) is 8.25. The van der Waals surface area contributed by atoms with Gasteiger partial charge in [-0.2, -0.15) is 0 Å². The van der Waals surface area contributed by atoms with Crippen molar-refractivity contribution in [2.75, 3.05) is 0 Å². The fourth-order valence-corrected chi connectivity index (χ4v) is 1.43. The molecule has 0 saturated heterocycles. The zero-order chi connectivity index (χ0) is 12.1. The van der Waals surface area contributed by atoms with Gasteiger partial charge in [-0.3, -0.25) is 4.98 Å². The van der Waals surface area contributed by atoms with Crippen LogP contribution in [0.3, 0.4) is 0 Å². The van der Waals surface area contributed by atoms with Crippen LogP contribution in [0.2, 0.25) is 0 Å². The lowest BCUT2D eigenvalue weighted by Gasteiger charge is -2.03. The second kappa shape index (κ2) is 5.27. The number of rotatable bonds is 5.